The van der Waals surface area contributed by atoms with Gasteiger partial charge in [0, 0.05) is 35.2 Å². The highest BCUT2D eigenvalue weighted by molar-refractivity contribution is 5.86. The molecule has 0 saturated heterocycles. The third kappa shape index (κ3) is 4.74. The molecule has 1 aliphatic carbocycles. The van der Waals surface area contributed by atoms with Crippen molar-refractivity contribution in [2.24, 2.45) is 5.92 Å². The molecule has 0 heterocycles. The number of nitrogens with two attached hydrogens (primary N) is 1. The average molecular weight is 288 g/mol. The Morgan fingerprint density at radius 2 is 1.90 bits per heavy atom. The number of nitrogens with one attached hydrogen (secondary N) is 3. The van der Waals surface area contributed by atoms with Crippen molar-refractivity contribution in [2.75, 3.05) is 17.6 Å². The van der Waals surface area contributed by atoms with E-state index in [0.29, 0.717) is 17.8 Å². The molecule has 0 radical (unpaired) electrons. The van der Waals surface area contributed by atoms with Crippen molar-refractivity contribution in [3.05, 3.63) is 23.8 Å². The fourth-order valence-corrected chi connectivity index (χ4v) is 2.87. The summed E-state index contributed by atoms with van der Waals surface area (Å²) in [6.07, 6.45) is 6.17. The van der Waals surface area contributed by atoms with Crippen LogP contribution in [-0.4, -0.2) is 24.8 Å². The van der Waals surface area contributed by atoms with Crippen LogP contribution in [0, 0.1) is 11.3 Å². The lowest BCUT2D eigenvalue weighted by Crippen LogP contribution is -2.38. The quantitative estimate of drug-likeness (QED) is 0.479. The minimum atomic E-state index is 0.532. The summed E-state index contributed by atoms with van der Waals surface area (Å²) in [5.74, 6) is 0.718. The summed E-state index contributed by atoms with van der Waals surface area (Å²) in [6.45, 7) is 5.62. The van der Waals surface area contributed by atoms with E-state index in [9.17, 15) is 0 Å². The van der Waals surface area contributed by atoms with E-state index in [1.807, 2.05) is 18.2 Å². The van der Waals surface area contributed by atoms with E-state index in [1.165, 1.54) is 31.9 Å². The van der Waals surface area contributed by atoms with Gasteiger partial charge in [-0.15, -0.1) is 0 Å². The average Bonchev–Trinajstić information content (AvgIpc) is 2.48. The molecule has 1 aromatic rings. The molecular weight excluding hydrogens is 260 g/mol. The second-order valence-electron chi connectivity index (χ2n) is 6.48. The molecule has 1 aliphatic rings. The Kier molecular flexibility index (Phi) is 5.62. The number of hydrogen-bond acceptors (Lipinski definition) is 4. The largest absolute Gasteiger partial charge is 0.398 e. The molecule has 21 heavy (non-hydrogen) atoms. The van der Waals surface area contributed by atoms with Crippen LogP contribution in [0.3, 0.4) is 0 Å². The first-order valence-electron chi connectivity index (χ1n) is 7.98. The third-order valence-corrected chi connectivity index (χ3v) is 4.16. The Morgan fingerprint density at radius 3 is 2.52 bits per heavy atom. The fraction of sp³-hybridized carbons (Fsp3) is 0.588. The van der Waals surface area contributed by atoms with Crippen LogP contribution >= 0.6 is 0 Å². The number of hydrogen-bond donors (Lipinski definition) is 4. The molecule has 1 saturated carbocycles. The van der Waals surface area contributed by atoms with Gasteiger partial charge in [0.05, 0.1) is 0 Å². The Hall–Kier alpha value is -1.55. The lowest BCUT2D eigenvalue weighted by atomic mass is 9.90. The molecule has 5 N–H and O–H groups in total. The van der Waals surface area contributed by atoms with Gasteiger partial charge in [-0.25, -0.2) is 0 Å². The van der Waals surface area contributed by atoms with Gasteiger partial charge in [-0.2, -0.15) is 0 Å². The monoisotopic (exact) mass is 288 g/mol. The highest BCUT2D eigenvalue weighted by Gasteiger charge is 2.20. The number of rotatable bonds is 6. The van der Waals surface area contributed by atoms with Crippen molar-refractivity contribution in [1.29, 1.82) is 5.41 Å². The van der Waals surface area contributed by atoms with Crippen LogP contribution < -0.4 is 16.4 Å². The summed E-state index contributed by atoms with van der Waals surface area (Å²) in [5.41, 5.74) is 8.34. The van der Waals surface area contributed by atoms with Gasteiger partial charge in [-0.1, -0.05) is 13.8 Å². The van der Waals surface area contributed by atoms with Crippen LogP contribution in [0.1, 0.15) is 45.1 Å². The number of nitrogen functional groups attached to an aromatic ring is 1. The summed E-state index contributed by atoms with van der Waals surface area (Å²) in [6, 6.07) is 7.05. The number of anilines is 2. The number of benzene rings is 1. The molecule has 2 rings (SSSR count). The van der Waals surface area contributed by atoms with E-state index >= 15 is 0 Å². The maximum atomic E-state index is 7.37. The highest BCUT2D eigenvalue weighted by Crippen LogP contribution is 2.24. The van der Waals surface area contributed by atoms with E-state index in [1.54, 1.807) is 0 Å². The molecule has 1 aromatic carbocycles. The van der Waals surface area contributed by atoms with E-state index < -0.39 is 0 Å². The van der Waals surface area contributed by atoms with Crippen molar-refractivity contribution in [2.45, 2.75) is 51.6 Å². The Morgan fingerprint density at radius 1 is 1.24 bits per heavy atom. The predicted octanol–water partition coefficient (Wildman–Crippen LogP) is 3.24. The van der Waals surface area contributed by atoms with Gasteiger partial charge in [-0.3, -0.25) is 0 Å². The predicted molar refractivity (Wildman–Crippen MR) is 91.2 cm³/mol. The van der Waals surface area contributed by atoms with E-state index in [4.69, 9.17) is 11.1 Å². The van der Waals surface area contributed by atoms with Crippen LogP contribution in [0.5, 0.6) is 0 Å². The van der Waals surface area contributed by atoms with E-state index in [2.05, 4.69) is 24.5 Å². The first-order valence-corrected chi connectivity index (χ1v) is 7.98. The molecule has 0 amide bonds. The van der Waals surface area contributed by atoms with Crippen LogP contribution in [0.15, 0.2) is 18.2 Å². The molecular formula is C17H28N4. The van der Waals surface area contributed by atoms with E-state index in [0.717, 1.165) is 23.7 Å². The lowest BCUT2D eigenvalue weighted by Gasteiger charge is -2.31. The molecule has 0 aromatic heterocycles. The first-order chi connectivity index (χ1) is 10.1. The molecule has 1 fully saturated rings. The molecule has 4 nitrogen and oxygen atoms in total. The van der Waals surface area contributed by atoms with Crippen LogP contribution in [0.2, 0.25) is 0 Å². The maximum Gasteiger partial charge on any atom is 0.0404 e. The van der Waals surface area contributed by atoms with Crippen LogP contribution in [0.4, 0.5) is 11.4 Å². The zero-order valence-electron chi connectivity index (χ0n) is 13.2. The van der Waals surface area contributed by atoms with Gasteiger partial charge < -0.3 is 21.8 Å². The van der Waals surface area contributed by atoms with Crippen molar-refractivity contribution in [3.63, 3.8) is 0 Å². The molecule has 116 valence electrons. The zero-order chi connectivity index (χ0) is 15.2. The van der Waals surface area contributed by atoms with Crippen LogP contribution in [-0.2, 0) is 0 Å². The summed E-state index contributed by atoms with van der Waals surface area (Å²) in [4.78, 5) is 0. The summed E-state index contributed by atoms with van der Waals surface area (Å²) >= 11 is 0. The minimum absolute atomic E-state index is 0.532. The van der Waals surface area contributed by atoms with Gasteiger partial charge in [0.1, 0.15) is 0 Å². The van der Waals surface area contributed by atoms with Gasteiger partial charge in [-0.05, 0) is 56.3 Å². The van der Waals surface area contributed by atoms with Crippen molar-refractivity contribution in [3.8, 4) is 0 Å². The summed E-state index contributed by atoms with van der Waals surface area (Å²) in [5, 5.41) is 14.6. The second kappa shape index (κ2) is 7.46. The Bertz CT molecular complexity index is 462. The summed E-state index contributed by atoms with van der Waals surface area (Å²) in [7, 11) is 0. The molecule has 0 atom stereocenters. The van der Waals surface area contributed by atoms with Crippen molar-refractivity contribution in [1.82, 2.24) is 5.32 Å². The molecule has 0 spiro atoms. The van der Waals surface area contributed by atoms with Gasteiger partial charge in [0.2, 0.25) is 0 Å². The van der Waals surface area contributed by atoms with Crippen molar-refractivity contribution < 1.29 is 0 Å². The molecule has 4 heteroatoms. The zero-order valence-corrected chi connectivity index (χ0v) is 13.2. The van der Waals surface area contributed by atoms with Crippen LogP contribution in [0.25, 0.3) is 0 Å². The van der Waals surface area contributed by atoms with Gasteiger partial charge in [0.25, 0.3) is 0 Å². The molecule has 0 unspecified atom stereocenters. The SMILES string of the molecule is CC(C)CNC1CCC(Nc2ccc(N)c(C=N)c2)CC1. The molecule has 0 aliphatic heterocycles. The molecule has 0 bridgehead atoms. The lowest BCUT2D eigenvalue weighted by molar-refractivity contribution is 0.341. The summed E-state index contributed by atoms with van der Waals surface area (Å²) < 4.78 is 0. The highest BCUT2D eigenvalue weighted by atomic mass is 15.0. The van der Waals surface area contributed by atoms with Gasteiger partial charge >= 0.3 is 0 Å². The maximum absolute atomic E-state index is 7.37. The standard InChI is InChI=1S/C17H28N4/c1-12(2)11-20-14-3-5-15(6-4-14)21-16-7-8-17(19)13(9-16)10-18/h7-10,12,14-15,18,20-21H,3-6,11,19H2,1-2H3. The normalized spacial score (nSPS) is 22.2. The smallest absolute Gasteiger partial charge is 0.0404 e. The fourth-order valence-electron chi connectivity index (χ4n) is 2.87. The Labute approximate surface area is 128 Å². The first kappa shape index (κ1) is 15.8. The minimum Gasteiger partial charge on any atom is -0.398 e. The Balaban J connectivity index is 1.82. The topological polar surface area (TPSA) is 73.9 Å². The third-order valence-electron chi connectivity index (χ3n) is 4.16. The van der Waals surface area contributed by atoms with E-state index in [-0.39, 0.29) is 0 Å². The van der Waals surface area contributed by atoms with Crippen molar-refractivity contribution >= 4 is 17.6 Å². The second-order valence-corrected chi connectivity index (χ2v) is 6.48. The van der Waals surface area contributed by atoms with Gasteiger partial charge in [0.15, 0.2) is 0 Å².